The van der Waals surface area contributed by atoms with Gasteiger partial charge in [-0.25, -0.2) is 8.42 Å². The lowest BCUT2D eigenvalue weighted by molar-refractivity contribution is -0.384. The quantitative estimate of drug-likeness (QED) is 0.421. The van der Waals surface area contributed by atoms with E-state index in [9.17, 15) is 23.3 Å². The number of non-ortho nitro benzene ring substituents is 1. The van der Waals surface area contributed by atoms with Crippen LogP contribution in [0.2, 0.25) is 0 Å². The van der Waals surface area contributed by atoms with Crippen LogP contribution in [0.1, 0.15) is 5.56 Å². The van der Waals surface area contributed by atoms with Crippen LogP contribution in [0.3, 0.4) is 0 Å². The molecule has 0 radical (unpaired) electrons. The standard InChI is InChI=1S/C18H18N2O6S/c1-3-5-13-10-15(20(22)23)8-9-17(13)26-12-18(21)19-14-6-4-7-16(11-14)27(2,24)25/h3-4,6-11H,1,5,12H2,2H3,(H,19,21). The fourth-order valence-electron chi connectivity index (χ4n) is 2.28. The maximum Gasteiger partial charge on any atom is 0.269 e. The number of nitro groups is 1. The Morgan fingerprint density at radius 2 is 2.04 bits per heavy atom. The van der Waals surface area contributed by atoms with Gasteiger partial charge in [0.05, 0.1) is 9.82 Å². The number of anilines is 1. The highest BCUT2D eigenvalue weighted by atomic mass is 32.2. The van der Waals surface area contributed by atoms with Crippen LogP contribution in [-0.4, -0.2) is 32.1 Å². The monoisotopic (exact) mass is 390 g/mol. The molecule has 0 unspecified atom stereocenters. The number of sulfone groups is 1. The number of ether oxygens (including phenoxy) is 1. The molecule has 0 aliphatic rings. The van der Waals surface area contributed by atoms with Gasteiger partial charge in [-0.15, -0.1) is 6.58 Å². The lowest BCUT2D eigenvalue weighted by atomic mass is 10.1. The molecule has 0 bridgehead atoms. The van der Waals surface area contributed by atoms with Crippen LogP contribution in [0.4, 0.5) is 11.4 Å². The fourth-order valence-corrected chi connectivity index (χ4v) is 2.95. The summed E-state index contributed by atoms with van der Waals surface area (Å²) in [5, 5.41) is 13.4. The Balaban J connectivity index is 2.07. The summed E-state index contributed by atoms with van der Waals surface area (Å²) in [6.45, 7) is 3.25. The van der Waals surface area contributed by atoms with Crippen LogP contribution in [0.25, 0.3) is 0 Å². The summed E-state index contributed by atoms with van der Waals surface area (Å²) in [5.41, 5.74) is 0.772. The predicted octanol–water partition coefficient (Wildman–Crippen LogP) is 2.74. The molecule has 1 N–H and O–H groups in total. The van der Waals surface area contributed by atoms with E-state index in [0.29, 0.717) is 23.4 Å². The van der Waals surface area contributed by atoms with Crippen LogP contribution < -0.4 is 10.1 Å². The number of rotatable bonds is 8. The summed E-state index contributed by atoms with van der Waals surface area (Å²) >= 11 is 0. The normalized spacial score (nSPS) is 10.9. The van der Waals surface area contributed by atoms with Crippen molar-refractivity contribution in [3.63, 3.8) is 0 Å². The second kappa shape index (κ2) is 8.45. The number of carbonyl (C=O) groups is 1. The number of nitrogens with one attached hydrogen (secondary N) is 1. The summed E-state index contributed by atoms with van der Waals surface area (Å²) in [5.74, 6) is -0.163. The van der Waals surface area contributed by atoms with E-state index in [1.165, 1.54) is 36.4 Å². The van der Waals surface area contributed by atoms with Gasteiger partial charge < -0.3 is 10.1 Å². The van der Waals surface area contributed by atoms with Crippen molar-refractivity contribution in [2.24, 2.45) is 0 Å². The summed E-state index contributed by atoms with van der Waals surface area (Å²) in [4.78, 5) is 22.5. The van der Waals surface area contributed by atoms with Crippen molar-refractivity contribution in [1.29, 1.82) is 0 Å². The van der Waals surface area contributed by atoms with E-state index in [4.69, 9.17) is 4.74 Å². The average Bonchev–Trinajstić information content (AvgIpc) is 2.60. The molecule has 0 saturated heterocycles. The molecule has 27 heavy (non-hydrogen) atoms. The Labute approximate surface area is 156 Å². The van der Waals surface area contributed by atoms with Crippen LogP contribution in [0, 0.1) is 10.1 Å². The molecule has 0 heterocycles. The van der Waals surface area contributed by atoms with Gasteiger partial charge in [0.1, 0.15) is 5.75 Å². The molecule has 8 nitrogen and oxygen atoms in total. The first-order chi connectivity index (χ1) is 12.7. The zero-order valence-electron chi connectivity index (χ0n) is 14.5. The second-order valence-corrected chi connectivity index (χ2v) is 7.69. The van der Waals surface area contributed by atoms with E-state index in [2.05, 4.69) is 11.9 Å². The van der Waals surface area contributed by atoms with Gasteiger partial charge in [-0.3, -0.25) is 14.9 Å². The molecule has 2 aromatic carbocycles. The number of nitrogens with zero attached hydrogens (tertiary/aromatic N) is 1. The number of carbonyl (C=O) groups excluding carboxylic acids is 1. The van der Waals surface area contributed by atoms with Crippen molar-refractivity contribution in [3.8, 4) is 5.75 Å². The van der Waals surface area contributed by atoms with Gasteiger partial charge in [-0.2, -0.15) is 0 Å². The number of amides is 1. The lowest BCUT2D eigenvalue weighted by Gasteiger charge is -2.11. The summed E-state index contributed by atoms with van der Waals surface area (Å²) in [6, 6.07) is 9.93. The first-order valence-corrected chi connectivity index (χ1v) is 9.71. The van der Waals surface area contributed by atoms with Gasteiger partial charge in [0.2, 0.25) is 0 Å². The molecule has 1 amide bonds. The number of nitro benzene ring substituents is 1. The number of allylic oxidation sites excluding steroid dienone is 1. The molecular weight excluding hydrogens is 372 g/mol. The van der Waals surface area contributed by atoms with Crippen molar-refractivity contribution in [3.05, 3.63) is 70.8 Å². The molecule has 142 valence electrons. The molecule has 0 aliphatic heterocycles. The fraction of sp³-hybridized carbons (Fsp3) is 0.167. The third kappa shape index (κ3) is 5.65. The molecule has 0 aliphatic carbocycles. The average molecular weight is 390 g/mol. The molecule has 0 aromatic heterocycles. The first kappa shape index (κ1) is 20.1. The minimum atomic E-state index is -3.39. The Kier molecular flexibility index (Phi) is 6.30. The Morgan fingerprint density at radius 3 is 2.67 bits per heavy atom. The Bertz CT molecular complexity index is 985. The molecule has 2 rings (SSSR count). The van der Waals surface area contributed by atoms with E-state index in [0.717, 1.165) is 6.26 Å². The summed E-state index contributed by atoms with van der Waals surface area (Å²) < 4.78 is 28.6. The minimum Gasteiger partial charge on any atom is -0.483 e. The van der Waals surface area contributed by atoms with Gasteiger partial charge in [0, 0.05) is 29.6 Å². The largest absolute Gasteiger partial charge is 0.483 e. The zero-order valence-corrected chi connectivity index (χ0v) is 15.4. The highest BCUT2D eigenvalue weighted by Crippen LogP contribution is 2.25. The van der Waals surface area contributed by atoms with E-state index < -0.39 is 20.7 Å². The molecule has 0 saturated carbocycles. The first-order valence-electron chi connectivity index (χ1n) is 7.81. The highest BCUT2D eigenvalue weighted by molar-refractivity contribution is 7.90. The van der Waals surface area contributed by atoms with Gasteiger partial charge >= 0.3 is 0 Å². The highest BCUT2D eigenvalue weighted by Gasteiger charge is 2.13. The zero-order chi connectivity index (χ0) is 20.0. The van der Waals surface area contributed by atoms with Crippen molar-refractivity contribution >= 4 is 27.1 Å². The summed E-state index contributed by atoms with van der Waals surface area (Å²) in [6.07, 6.45) is 2.99. The predicted molar refractivity (Wildman–Crippen MR) is 101 cm³/mol. The van der Waals surface area contributed by atoms with Gasteiger partial charge in [0.25, 0.3) is 11.6 Å². The molecule has 2 aromatic rings. The van der Waals surface area contributed by atoms with E-state index in [1.54, 1.807) is 12.1 Å². The van der Waals surface area contributed by atoms with E-state index in [-0.39, 0.29) is 17.2 Å². The Morgan fingerprint density at radius 1 is 1.30 bits per heavy atom. The smallest absolute Gasteiger partial charge is 0.269 e. The van der Waals surface area contributed by atoms with Gasteiger partial charge in [-0.05, 0) is 30.7 Å². The molecule has 9 heteroatoms. The lowest BCUT2D eigenvalue weighted by Crippen LogP contribution is -2.20. The maximum atomic E-state index is 12.1. The SMILES string of the molecule is C=CCc1cc([N+](=O)[O-])ccc1OCC(=O)Nc1cccc(S(C)(=O)=O)c1. The molecular formula is C18H18N2O6S. The van der Waals surface area contributed by atoms with Crippen LogP contribution in [-0.2, 0) is 21.1 Å². The molecule has 0 atom stereocenters. The van der Waals surface area contributed by atoms with E-state index in [1.807, 2.05) is 0 Å². The third-order valence-electron chi connectivity index (χ3n) is 3.52. The maximum absolute atomic E-state index is 12.1. The van der Waals surface area contributed by atoms with Gasteiger partial charge in [0.15, 0.2) is 16.4 Å². The number of benzene rings is 2. The Hall–Kier alpha value is -3.20. The van der Waals surface area contributed by atoms with Crippen molar-refractivity contribution in [2.75, 3.05) is 18.2 Å². The second-order valence-electron chi connectivity index (χ2n) is 5.68. The van der Waals surface area contributed by atoms with Crippen molar-refractivity contribution in [1.82, 2.24) is 0 Å². The van der Waals surface area contributed by atoms with Crippen LogP contribution >= 0.6 is 0 Å². The summed E-state index contributed by atoms with van der Waals surface area (Å²) in [7, 11) is -3.39. The number of hydrogen-bond acceptors (Lipinski definition) is 6. The van der Waals surface area contributed by atoms with Crippen molar-refractivity contribution in [2.45, 2.75) is 11.3 Å². The minimum absolute atomic E-state index is 0.0822. The van der Waals surface area contributed by atoms with Crippen LogP contribution in [0.5, 0.6) is 5.75 Å². The molecule has 0 spiro atoms. The van der Waals surface area contributed by atoms with Gasteiger partial charge in [-0.1, -0.05) is 12.1 Å². The van der Waals surface area contributed by atoms with Crippen LogP contribution in [0.15, 0.2) is 60.0 Å². The van der Waals surface area contributed by atoms with Crippen molar-refractivity contribution < 1.29 is 22.9 Å². The molecule has 0 fully saturated rings. The topological polar surface area (TPSA) is 116 Å². The van der Waals surface area contributed by atoms with E-state index >= 15 is 0 Å². The number of hydrogen-bond donors (Lipinski definition) is 1. The third-order valence-corrected chi connectivity index (χ3v) is 4.63.